The maximum atomic E-state index is 12.9. The number of likely N-dealkylation sites (tertiary alicyclic amines) is 1. The maximum Gasteiger partial charge on any atom is 0.410 e. The molecule has 1 amide bonds. The SMILES string of the molecule is CCNC(=NCCCn1cccn1)N1CCC(N(CC2CC2)C(=O)OC(C)(C)C)CC1.I. The Labute approximate surface area is 210 Å². The van der Waals surface area contributed by atoms with Crippen LogP contribution >= 0.6 is 24.0 Å². The average molecular weight is 561 g/mol. The monoisotopic (exact) mass is 560 g/mol. The molecule has 1 aromatic heterocycles. The van der Waals surface area contributed by atoms with Gasteiger partial charge in [-0.2, -0.15) is 5.10 Å². The number of carbonyl (C=O) groups excluding carboxylic acids is 1. The van der Waals surface area contributed by atoms with Crippen LogP contribution in [0.25, 0.3) is 0 Å². The fourth-order valence-corrected chi connectivity index (χ4v) is 3.94. The molecule has 1 saturated heterocycles. The number of halogens is 1. The largest absolute Gasteiger partial charge is 0.444 e. The van der Waals surface area contributed by atoms with Gasteiger partial charge in [-0.1, -0.05) is 0 Å². The zero-order chi connectivity index (χ0) is 22.3. The molecular weight excluding hydrogens is 519 g/mol. The van der Waals surface area contributed by atoms with Gasteiger partial charge in [0.25, 0.3) is 0 Å². The lowest BCUT2D eigenvalue weighted by molar-refractivity contribution is 0.00928. The molecule has 182 valence electrons. The molecule has 1 aliphatic carbocycles. The van der Waals surface area contributed by atoms with E-state index in [1.54, 1.807) is 6.20 Å². The van der Waals surface area contributed by atoms with Crippen LogP contribution in [0.1, 0.15) is 59.8 Å². The Balaban J connectivity index is 0.00000363. The van der Waals surface area contributed by atoms with Gasteiger partial charge >= 0.3 is 6.09 Å². The Morgan fingerprint density at radius 1 is 1.25 bits per heavy atom. The molecule has 2 fully saturated rings. The first-order valence-electron chi connectivity index (χ1n) is 11.9. The summed E-state index contributed by atoms with van der Waals surface area (Å²) in [5.74, 6) is 1.63. The van der Waals surface area contributed by atoms with E-state index >= 15 is 0 Å². The van der Waals surface area contributed by atoms with E-state index in [9.17, 15) is 4.79 Å². The lowest BCUT2D eigenvalue weighted by Crippen LogP contribution is -2.52. The number of amides is 1. The molecule has 0 radical (unpaired) electrons. The first-order chi connectivity index (χ1) is 14.9. The molecule has 3 rings (SSSR count). The van der Waals surface area contributed by atoms with Crippen molar-refractivity contribution in [3.05, 3.63) is 18.5 Å². The lowest BCUT2D eigenvalue weighted by Gasteiger charge is -2.40. The summed E-state index contributed by atoms with van der Waals surface area (Å²) in [6.45, 7) is 13.1. The van der Waals surface area contributed by atoms with Crippen molar-refractivity contribution in [1.29, 1.82) is 0 Å². The van der Waals surface area contributed by atoms with Crippen LogP contribution < -0.4 is 5.32 Å². The normalized spacial score (nSPS) is 17.6. The summed E-state index contributed by atoms with van der Waals surface area (Å²) in [5, 5.41) is 7.68. The molecule has 8 nitrogen and oxygen atoms in total. The van der Waals surface area contributed by atoms with Crippen LogP contribution in [0.5, 0.6) is 0 Å². The van der Waals surface area contributed by atoms with E-state index in [1.807, 2.05) is 42.6 Å². The highest BCUT2D eigenvalue weighted by molar-refractivity contribution is 14.0. The minimum atomic E-state index is -0.458. The van der Waals surface area contributed by atoms with Gasteiger partial charge in [0.15, 0.2) is 5.96 Å². The number of hydrogen-bond donors (Lipinski definition) is 1. The van der Waals surface area contributed by atoms with E-state index in [0.29, 0.717) is 5.92 Å². The number of ether oxygens (including phenoxy) is 1. The second-order valence-electron chi connectivity index (χ2n) is 9.65. The van der Waals surface area contributed by atoms with Gasteiger partial charge in [-0.15, -0.1) is 24.0 Å². The van der Waals surface area contributed by atoms with Gasteiger partial charge in [0.05, 0.1) is 0 Å². The molecule has 1 N–H and O–H groups in total. The Morgan fingerprint density at radius 3 is 2.53 bits per heavy atom. The van der Waals surface area contributed by atoms with Crippen LogP contribution in [0.15, 0.2) is 23.5 Å². The smallest absolute Gasteiger partial charge is 0.410 e. The highest BCUT2D eigenvalue weighted by Gasteiger charge is 2.35. The van der Waals surface area contributed by atoms with Gasteiger partial charge in [-0.3, -0.25) is 9.67 Å². The van der Waals surface area contributed by atoms with Crippen LogP contribution in [-0.4, -0.2) is 76.0 Å². The maximum absolute atomic E-state index is 12.9. The topological polar surface area (TPSA) is 75.0 Å². The number of aromatic nitrogens is 2. The Bertz CT molecular complexity index is 707. The number of hydrogen-bond acceptors (Lipinski definition) is 4. The second-order valence-corrected chi connectivity index (χ2v) is 9.65. The summed E-state index contributed by atoms with van der Waals surface area (Å²) in [7, 11) is 0. The zero-order valence-corrected chi connectivity index (χ0v) is 22.5. The molecule has 2 heterocycles. The van der Waals surface area contributed by atoms with Crippen molar-refractivity contribution < 1.29 is 9.53 Å². The summed E-state index contributed by atoms with van der Waals surface area (Å²) in [6, 6.07) is 2.19. The van der Waals surface area contributed by atoms with E-state index in [2.05, 4.69) is 22.2 Å². The fourth-order valence-electron chi connectivity index (χ4n) is 3.94. The number of piperidine rings is 1. The lowest BCUT2D eigenvalue weighted by atomic mass is 10.0. The molecule has 1 saturated carbocycles. The number of carbonyl (C=O) groups is 1. The molecular formula is C23H41IN6O2. The molecule has 0 bridgehead atoms. The molecule has 0 unspecified atom stereocenters. The zero-order valence-electron chi connectivity index (χ0n) is 20.1. The Kier molecular flexibility index (Phi) is 10.6. The number of aryl methyl sites for hydroxylation is 1. The van der Waals surface area contributed by atoms with Crippen LogP contribution in [-0.2, 0) is 11.3 Å². The predicted molar refractivity (Wildman–Crippen MR) is 138 cm³/mol. The van der Waals surface area contributed by atoms with Crippen molar-refractivity contribution in [3.8, 4) is 0 Å². The minimum Gasteiger partial charge on any atom is -0.444 e. The number of guanidine groups is 1. The van der Waals surface area contributed by atoms with Crippen LogP contribution in [0.4, 0.5) is 4.79 Å². The van der Waals surface area contributed by atoms with Crippen molar-refractivity contribution in [1.82, 2.24) is 24.9 Å². The summed E-state index contributed by atoms with van der Waals surface area (Å²) in [6.07, 6.45) is 8.95. The van der Waals surface area contributed by atoms with E-state index in [-0.39, 0.29) is 36.1 Å². The highest BCUT2D eigenvalue weighted by atomic mass is 127. The number of nitrogens with zero attached hydrogens (tertiary/aromatic N) is 5. The molecule has 9 heteroatoms. The summed E-state index contributed by atoms with van der Waals surface area (Å²) < 4.78 is 7.66. The van der Waals surface area contributed by atoms with Crippen molar-refractivity contribution >= 4 is 36.0 Å². The molecule has 0 aromatic carbocycles. The quantitative estimate of drug-likeness (QED) is 0.226. The molecule has 0 spiro atoms. The van der Waals surface area contributed by atoms with Crippen molar-refractivity contribution in [2.75, 3.05) is 32.7 Å². The van der Waals surface area contributed by atoms with Gasteiger partial charge in [0.1, 0.15) is 5.60 Å². The fraction of sp³-hybridized carbons (Fsp3) is 0.783. The molecule has 1 aromatic rings. The summed E-state index contributed by atoms with van der Waals surface area (Å²) in [4.78, 5) is 22.0. The van der Waals surface area contributed by atoms with E-state index in [1.165, 1.54) is 12.8 Å². The predicted octanol–water partition coefficient (Wildman–Crippen LogP) is 3.97. The van der Waals surface area contributed by atoms with Crippen molar-refractivity contribution in [3.63, 3.8) is 0 Å². The molecule has 32 heavy (non-hydrogen) atoms. The van der Waals surface area contributed by atoms with Gasteiger partial charge in [-0.05, 0) is 71.8 Å². The number of aliphatic imine (C=N–C) groups is 1. The molecule has 2 aliphatic rings. The van der Waals surface area contributed by atoms with Gasteiger partial charge < -0.3 is 19.9 Å². The van der Waals surface area contributed by atoms with E-state index < -0.39 is 5.60 Å². The molecule has 1 aliphatic heterocycles. The average Bonchev–Trinajstić information content (AvgIpc) is 3.39. The van der Waals surface area contributed by atoms with E-state index in [0.717, 1.165) is 64.5 Å². The third kappa shape index (κ3) is 8.78. The second kappa shape index (κ2) is 12.6. The van der Waals surface area contributed by atoms with Gasteiger partial charge in [0.2, 0.25) is 0 Å². The standard InChI is InChI=1S/C23H40N6O2.HI/c1-5-24-21(25-12-6-14-28-15-7-13-26-28)27-16-10-20(11-17-27)29(18-19-8-9-19)22(30)31-23(2,3)4;/h7,13,15,19-20H,5-6,8-12,14,16-18H2,1-4H3,(H,24,25);1H. The van der Waals surface area contributed by atoms with Crippen molar-refractivity contribution in [2.45, 2.75) is 78.0 Å². The third-order valence-corrected chi connectivity index (χ3v) is 5.69. The van der Waals surface area contributed by atoms with Crippen LogP contribution in [0, 0.1) is 5.92 Å². The summed E-state index contributed by atoms with van der Waals surface area (Å²) in [5.41, 5.74) is -0.458. The minimum absolute atomic E-state index is 0. The van der Waals surface area contributed by atoms with Crippen molar-refractivity contribution in [2.24, 2.45) is 10.9 Å². The van der Waals surface area contributed by atoms with E-state index in [4.69, 9.17) is 9.73 Å². The first-order valence-corrected chi connectivity index (χ1v) is 11.9. The number of rotatable bonds is 8. The van der Waals surface area contributed by atoms with Crippen LogP contribution in [0.2, 0.25) is 0 Å². The number of nitrogens with one attached hydrogen (secondary N) is 1. The molecule has 0 atom stereocenters. The Morgan fingerprint density at radius 2 is 1.97 bits per heavy atom. The summed E-state index contributed by atoms with van der Waals surface area (Å²) >= 11 is 0. The van der Waals surface area contributed by atoms with Crippen LogP contribution in [0.3, 0.4) is 0 Å². The third-order valence-electron chi connectivity index (χ3n) is 5.69. The van der Waals surface area contributed by atoms with Gasteiger partial charge in [-0.25, -0.2) is 4.79 Å². The first kappa shape index (κ1) is 26.7. The van der Waals surface area contributed by atoms with Gasteiger partial charge in [0, 0.05) is 57.7 Å². The Hall–Kier alpha value is -1.52. The highest BCUT2D eigenvalue weighted by Crippen LogP contribution is 2.32.